The summed E-state index contributed by atoms with van der Waals surface area (Å²) in [5, 5.41) is 3.60. The van der Waals surface area contributed by atoms with Crippen molar-refractivity contribution in [2.45, 2.75) is 51.8 Å². The molecule has 0 fully saturated rings. The second-order valence-electron chi connectivity index (χ2n) is 10.4. The minimum absolute atomic E-state index is 0.0657. The average Bonchev–Trinajstić information content (AvgIpc) is 2.96. The smallest absolute Gasteiger partial charge is 0.309 e. The Morgan fingerprint density at radius 3 is 2.52 bits per heavy atom. The largest absolute Gasteiger partial charge is 0.496 e. The molecule has 1 aromatic heterocycles. The summed E-state index contributed by atoms with van der Waals surface area (Å²) in [5.74, 6) is -1.43. The van der Waals surface area contributed by atoms with Crippen LogP contribution in [0.2, 0.25) is 0 Å². The molecule has 0 spiro atoms. The van der Waals surface area contributed by atoms with Crippen molar-refractivity contribution < 1.29 is 27.8 Å². The molecular weight excluding hydrogens is 606 g/mol. The van der Waals surface area contributed by atoms with Gasteiger partial charge in [-0.15, -0.1) is 0 Å². The van der Waals surface area contributed by atoms with Gasteiger partial charge in [0.1, 0.15) is 11.6 Å². The molecule has 0 aliphatic rings. The molecule has 1 heterocycles. The number of alkyl halides is 1. The second kappa shape index (κ2) is 13.4. The lowest BCUT2D eigenvalue weighted by Crippen LogP contribution is -2.41. The fraction of sp³-hybridized carbons (Fsp3) is 0.303. The zero-order chi connectivity index (χ0) is 30.4. The van der Waals surface area contributed by atoms with E-state index >= 15 is 0 Å². The number of ether oxygens (including phenoxy) is 2. The Morgan fingerprint density at radius 2 is 1.83 bits per heavy atom. The summed E-state index contributed by atoms with van der Waals surface area (Å²) in [4.78, 5) is 31.7. The molecule has 2 unspecified atom stereocenters. The number of methoxy groups -OCH3 is 1. The van der Waals surface area contributed by atoms with Crippen LogP contribution in [0, 0.1) is 12.7 Å². The highest BCUT2D eigenvalue weighted by molar-refractivity contribution is 9.10. The minimum atomic E-state index is -1.75. The van der Waals surface area contributed by atoms with Gasteiger partial charge >= 0.3 is 5.97 Å². The fourth-order valence-corrected chi connectivity index (χ4v) is 5.42. The van der Waals surface area contributed by atoms with Gasteiger partial charge < -0.3 is 14.8 Å². The minimum Gasteiger partial charge on any atom is -0.496 e. The van der Waals surface area contributed by atoms with Crippen molar-refractivity contribution >= 4 is 38.7 Å². The molecule has 4 aromatic rings. The normalized spacial score (nSPS) is 13.3. The van der Waals surface area contributed by atoms with Crippen molar-refractivity contribution in [3.8, 4) is 17.0 Å². The van der Waals surface area contributed by atoms with Gasteiger partial charge in [-0.2, -0.15) is 0 Å². The third kappa shape index (κ3) is 6.95. The molecule has 9 heteroatoms. The highest BCUT2D eigenvalue weighted by Crippen LogP contribution is 2.36. The highest BCUT2D eigenvalue weighted by atomic mass is 79.9. The van der Waals surface area contributed by atoms with Gasteiger partial charge in [0.2, 0.25) is 6.36 Å². The van der Waals surface area contributed by atoms with Gasteiger partial charge in [-0.05, 0) is 55.3 Å². The molecule has 4 rings (SSSR count). The van der Waals surface area contributed by atoms with E-state index in [1.165, 1.54) is 25.3 Å². The number of hydrogen-bond acceptors (Lipinski definition) is 5. The summed E-state index contributed by atoms with van der Waals surface area (Å²) in [7, 11) is 1.43. The van der Waals surface area contributed by atoms with Gasteiger partial charge in [-0.25, -0.2) is 13.8 Å². The number of pyridine rings is 1. The van der Waals surface area contributed by atoms with Crippen LogP contribution in [0.25, 0.3) is 22.2 Å². The fourth-order valence-electron chi connectivity index (χ4n) is 5.06. The number of hydrogen-bond donors (Lipinski definition) is 1. The van der Waals surface area contributed by atoms with Crippen molar-refractivity contribution in [1.29, 1.82) is 0 Å². The molecule has 3 aromatic carbocycles. The number of carbonyl (C=O) groups is 2. The molecule has 1 amide bonds. The molecule has 42 heavy (non-hydrogen) atoms. The quantitative estimate of drug-likeness (QED) is 0.169. The maximum absolute atomic E-state index is 14.5. The second-order valence-corrected chi connectivity index (χ2v) is 11.4. The first kappa shape index (κ1) is 31.1. The monoisotopic (exact) mass is 638 g/mol. The number of aromatic nitrogens is 1. The van der Waals surface area contributed by atoms with E-state index < -0.39 is 29.5 Å². The van der Waals surface area contributed by atoms with Crippen molar-refractivity contribution in [3.05, 3.63) is 93.7 Å². The van der Waals surface area contributed by atoms with Gasteiger partial charge in [-0.1, -0.05) is 60.1 Å². The third-order valence-electron chi connectivity index (χ3n) is 7.23. The van der Waals surface area contributed by atoms with Crippen LogP contribution in [0.5, 0.6) is 5.75 Å². The van der Waals surface area contributed by atoms with E-state index in [1.54, 1.807) is 13.8 Å². The third-order valence-corrected chi connectivity index (χ3v) is 7.72. The van der Waals surface area contributed by atoms with E-state index in [0.717, 1.165) is 10.0 Å². The molecule has 0 saturated heterocycles. The highest BCUT2D eigenvalue weighted by Gasteiger charge is 2.35. The lowest BCUT2D eigenvalue weighted by atomic mass is 9.78. The van der Waals surface area contributed by atoms with E-state index in [-0.39, 0.29) is 19.4 Å². The van der Waals surface area contributed by atoms with Crippen LogP contribution < -0.4 is 10.1 Å². The number of nitrogens with zero attached hydrogens (tertiary/aromatic N) is 1. The SMILES string of the molecule is CCCC(F)OC(=O)CC(C)(CNC(=O)c1c(C)c(-c2ccccc2)nc2ccc(Br)cc12)c1cc(F)ccc1OC. The molecule has 0 saturated carbocycles. The molecule has 1 N–H and O–H groups in total. The van der Waals surface area contributed by atoms with E-state index in [2.05, 4.69) is 21.2 Å². The van der Waals surface area contributed by atoms with Crippen molar-refractivity contribution in [1.82, 2.24) is 10.3 Å². The van der Waals surface area contributed by atoms with Crippen LogP contribution in [0.4, 0.5) is 8.78 Å². The number of fused-ring (bicyclic) bond motifs is 1. The number of amides is 1. The predicted molar refractivity (Wildman–Crippen MR) is 163 cm³/mol. The summed E-state index contributed by atoms with van der Waals surface area (Å²) in [6, 6.07) is 19.1. The Balaban J connectivity index is 1.75. The van der Waals surface area contributed by atoms with E-state index in [1.807, 2.05) is 55.5 Å². The Kier molecular flexibility index (Phi) is 9.93. The summed E-state index contributed by atoms with van der Waals surface area (Å²) in [6.45, 7) is 5.21. The lowest BCUT2D eigenvalue weighted by Gasteiger charge is -2.31. The summed E-state index contributed by atoms with van der Waals surface area (Å²) in [5.41, 5.74) is 2.40. The molecule has 220 valence electrons. The molecular formula is C33H33BrF2N2O4. The van der Waals surface area contributed by atoms with Gasteiger partial charge in [-0.3, -0.25) is 9.59 Å². The topological polar surface area (TPSA) is 77.5 Å². The van der Waals surface area contributed by atoms with Crippen LogP contribution in [-0.4, -0.2) is 36.9 Å². The van der Waals surface area contributed by atoms with Crippen molar-refractivity contribution in [3.63, 3.8) is 0 Å². The van der Waals surface area contributed by atoms with E-state index in [0.29, 0.717) is 45.5 Å². The number of halogens is 3. The van der Waals surface area contributed by atoms with Crippen LogP contribution in [0.15, 0.2) is 71.2 Å². The first-order valence-electron chi connectivity index (χ1n) is 13.7. The van der Waals surface area contributed by atoms with Gasteiger partial charge in [0.15, 0.2) is 0 Å². The maximum atomic E-state index is 14.5. The maximum Gasteiger partial charge on any atom is 0.309 e. The number of carbonyl (C=O) groups excluding carboxylic acids is 2. The van der Waals surface area contributed by atoms with Crippen LogP contribution in [0.3, 0.4) is 0 Å². The van der Waals surface area contributed by atoms with Crippen molar-refractivity contribution in [2.24, 2.45) is 0 Å². The molecule has 0 bridgehead atoms. The molecule has 0 aliphatic heterocycles. The van der Waals surface area contributed by atoms with Gasteiger partial charge in [0.25, 0.3) is 5.91 Å². The Hall–Kier alpha value is -3.85. The van der Waals surface area contributed by atoms with Crippen LogP contribution in [-0.2, 0) is 14.9 Å². The van der Waals surface area contributed by atoms with E-state index in [9.17, 15) is 18.4 Å². The lowest BCUT2D eigenvalue weighted by molar-refractivity contribution is -0.159. The Labute approximate surface area is 252 Å². The predicted octanol–water partition coefficient (Wildman–Crippen LogP) is 7.84. The van der Waals surface area contributed by atoms with Gasteiger partial charge in [0, 0.05) is 39.4 Å². The Bertz CT molecular complexity index is 1600. The van der Waals surface area contributed by atoms with Crippen molar-refractivity contribution in [2.75, 3.05) is 13.7 Å². The van der Waals surface area contributed by atoms with Crippen LogP contribution in [0.1, 0.15) is 54.6 Å². The molecule has 0 radical (unpaired) electrons. The number of nitrogens with one attached hydrogen (secondary N) is 1. The van der Waals surface area contributed by atoms with Gasteiger partial charge in [0.05, 0.1) is 30.3 Å². The zero-order valence-electron chi connectivity index (χ0n) is 24.0. The molecule has 2 atom stereocenters. The first-order valence-corrected chi connectivity index (χ1v) is 14.5. The standard InChI is InChI=1S/C33H33BrF2N2O4/c1-5-9-28(36)42-29(39)18-33(3,25-17-23(35)13-15-27(25)41-4)19-37-32(40)30-20(2)31(21-10-7-6-8-11-21)38-26-14-12-22(34)16-24(26)30/h6-8,10-17,28H,5,9,18-19H2,1-4H3,(H,37,40). The Morgan fingerprint density at radius 1 is 1.10 bits per heavy atom. The first-order chi connectivity index (χ1) is 20.1. The number of esters is 1. The summed E-state index contributed by atoms with van der Waals surface area (Å²) >= 11 is 3.49. The summed E-state index contributed by atoms with van der Waals surface area (Å²) in [6.07, 6.45) is -1.51. The van der Waals surface area contributed by atoms with Crippen LogP contribution >= 0.6 is 15.9 Å². The number of benzene rings is 3. The zero-order valence-corrected chi connectivity index (χ0v) is 25.6. The number of rotatable bonds is 11. The summed E-state index contributed by atoms with van der Waals surface area (Å²) < 4.78 is 39.9. The molecule has 0 aliphatic carbocycles. The average molecular weight is 640 g/mol. The van der Waals surface area contributed by atoms with E-state index in [4.69, 9.17) is 14.5 Å². The molecule has 6 nitrogen and oxygen atoms in total.